The Balaban J connectivity index is 2.02. The fourth-order valence-electron chi connectivity index (χ4n) is 2.29. The van der Waals surface area contributed by atoms with Crippen LogP contribution in [0, 0.1) is 6.92 Å². The summed E-state index contributed by atoms with van der Waals surface area (Å²) in [6, 6.07) is 15.2. The molecule has 0 saturated carbocycles. The first-order valence-electron chi connectivity index (χ1n) is 6.55. The zero-order chi connectivity index (χ0) is 15.0. The van der Waals surface area contributed by atoms with Gasteiger partial charge in [-0.15, -0.1) is 0 Å². The zero-order valence-corrected chi connectivity index (χ0v) is 13.7. The van der Waals surface area contributed by atoms with E-state index in [1.165, 1.54) is 0 Å². The molecule has 106 valence electrons. The highest BCUT2D eigenvalue weighted by Gasteiger charge is 2.12. The van der Waals surface area contributed by atoms with Gasteiger partial charge in [0.05, 0.1) is 10.5 Å². The average Bonchev–Trinajstić information content (AvgIpc) is 2.49. The molecule has 2 nitrogen and oxygen atoms in total. The van der Waals surface area contributed by atoms with Crippen LogP contribution in [0.1, 0.15) is 22.9 Å². The molecule has 0 fully saturated rings. The molecule has 21 heavy (non-hydrogen) atoms. The number of hydrogen-bond acceptors (Lipinski definition) is 2. The van der Waals surface area contributed by atoms with Crippen molar-refractivity contribution in [1.82, 2.24) is 4.98 Å². The first-order chi connectivity index (χ1) is 10.0. The van der Waals surface area contributed by atoms with Crippen LogP contribution in [0.2, 0.25) is 5.02 Å². The van der Waals surface area contributed by atoms with Crippen LogP contribution in [0.25, 0.3) is 10.9 Å². The quantitative estimate of drug-likeness (QED) is 0.692. The highest BCUT2D eigenvalue weighted by molar-refractivity contribution is 9.10. The van der Waals surface area contributed by atoms with Crippen LogP contribution in [-0.2, 0) is 0 Å². The number of nitrogens with zero attached hydrogens (tertiary/aromatic N) is 1. The summed E-state index contributed by atoms with van der Waals surface area (Å²) >= 11 is 9.37. The molecule has 0 aliphatic carbocycles. The van der Waals surface area contributed by atoms with Crippen LogP contribution >= 0.6 is 27.5 Å². The minimum Gasteiger partial charge on any atom is -0.384 e. The lowest BCUT2D eigenvalue weighted by Crippen LogP contribution is -2.00. The minimum absolute atomic E-state index is 0.629. The predicted octanol–water partition coefficient (Wildman–Crippen LogP) is 5.04. The number of aliphatic hydroxyl groups is 1. The Kier molecular flexibility index (Phi) is 3.98. The van der Waals surface area contributed by atoms with E-state index in [4.69, 9.17) is 11.6 Å². The lowest BCUT2D eigenvalue weighted by molar-refractivity contribution is 0.220. The van der Waals surface area contributed by atoms with Crippen LogP contribution in [0.5, 0.6) is 0 Å². The number of halogens is 2. The Morgan fingerprint density at radius 3 is 2.52 bits per heavy atom. The standard InChI is InChI=1S/C17H13BrClNO/c1-10-2-3-11-8-12(5-7-16(11)20-10)17(21)13-4-6-15(19)14(18)9-13/h2-9,17,21H,1H3. The maximum atomic E-state index is 10.5. The molecule has 0 saturated heterocycles. The van der Waals surface area contributed by atoms with Crippen molar-refractivity contribution < 1.29 is 5.11 Å². The fourth-order valence-corrected chi connectivity index (χ4v) is 2.80. The van der Waals surface area contributed by atoms with Gasteiger partial charge < -0.3 is 5.11 Å². The summed E-state index contributed by atoms with van der Waals surface area (Å²) in [5.41, 5.74) is 3.55. The topological polar surface area (TPSA) is 33.1 Å². The van der Waals surface area contributed by atoms with E-state index in [1.54, 1.807) is 6.07 Å². The summed E-state index contributed by atoms with van der Waals surface area (Å²) in [7, 11) is 0. The summed E-state index contributed by atoms with van der Waals surface area (Å²) in [6.07, 6.45) is -0.690. The van der Waals surface area contributed by atoms with Crippen LogP contribution in [0.15, 0.2) is 53.0 Å². The van der Waals surface area contributed by atoms with Crippen molar-refractivity contribution >= 4 is 38.4 Å². The molecular formula is C17H13BrClNO. The molecule has 0 spiro atoms. The average molecular weight is 363 g/mol. The van der Waals surface area contributed by atoms with E-state index in [2.05, 4.69) is 20.9 Å². The van der Waals surface area contributed by atoms with Gasteiger partial charge in [-0.25, -0.2) is 0 Å². The van der Waals surface area contributed by atoms with E-state index < -0.39 is 6.10 Å². The number of fused-ring (bicyclic) bond motifs is 1. The molecule has 3 aromatic rings. The van der Waals surface area contributed by atoms with Crippen molar-refractivity contribution in [3.05, 3.63) is 74.8 Å². The van der Waals surface area contributed by atoms with Crippen LogP contribution in [0.4, 0.5) is 0 Å². The molecule has 2 aromatic carbocycles. The zero-order valence-electron chi connectivity index (χ0n) is 11.3. The van der Waals surface area contributed by atoms with Gasteiger partial charge in [0.2, 0.25) is 0 Å². The highest BCUT2D eigenvalue weighted by Crippen LogP contribution is 2.30. The maximum Gasteiger partial charge on any atom is 0.104 e. The number of pyridine rings is 1. The number of rotatable bonds is 2. The molecule has 0 radical (unpaired) electrons. The number of aromatic nitrogens is 1. The van der Waals surface area contributed by atoms with Crippen molar-refractivity contribution in [3.63, 3.8) is 0 Å². The number of aryl methyl sites for hydroxylation is 1. The van der Waals surface area contributed by atoms with Gasteiger partial charge in [-0.2, -0.15) is 0 Å². The van der Waals surface area contributed by atoms with Gasteiger partial charge in [0.15, 0.2) is 0 Å². The summed E-state index contributed by atoms with van der Waals surface area (Å²) in [5.74, 6) is 0. The second kappa shape index (κ2) is 5.76. The van der Waals surface area contributed by atoms with E-state index in [-0.39, 0.29) is 0 Å². The van der Waals surface area contributed by atoms with Gasteiger partial charge in [-0.3, -0.25) is 4.98 Å². The Morgan fingerprint density at radius 2 is 1.76 bits per heavy atom. The van der Waals surface area contributed by atoms with Gasteiger partial charge in [0.25, 0.3) is 0 Å². The van der Waals surface area contributed by atoms with Crippen LogP contribution in [0.3, 0.4) is 0 Å². The van der Waals surface area contributed by atoms with Crippen LogP contribution < -0.4 is 0 Å². The van der Waals surface area contributed by atoms with E-state index in [1.807, 2.05) is 49.4 Å². The summed E-state index contributed by atoms with van der Waals surface area (Å²) in [6.45, 7) is 1.97. The second-order valence-corrected chi connectivity index (χ2v) is 6.24. The third-order valence-corrected chi connectivity index (χ3v) is 4.64. The van der Waals surface area contributed by atoms with Gasteiger partial charge in [0.1, 0.15) is 6.10 Å². The lowest BCUT2D eigenvalue weighted by Gasteiger charge is -2.13. The van der Waals surface area contributed by atoms with Crippen molar-refractivity contribution in [2.45, 2.75) is 13.0 Å². The van der Waals surface area contributed by atoms with E-state index in [0.717, 1.165) is 32.2 Å². The van der Waals surface area contributed by atoms with Gasteiger partial charge in [0, 0.05) is 15.6 Å². The van der Waals surface area contributed by atoms with Crippen LogP contribution in [-0.4, -0.2) is 10.1 Å². The SMILES string of the molecule is Cc1ccc2cc(C(O)c3ccc(Cl)c(Br)c3)ccc2n1. The highest BCUT2D eigenvalue weighted by atomic mass is 79.9. The monoisotopic (exact) mass is 361 g/mol. The summed E-state index contributed by atoms with van der Waals surface area (Å²) in [5, 5.41) is 12.2. The number of aliphatic hydroxyl groups excluding tert-OH is 1. The molecule has 3 rings (SSSR count). The second-order valence-electron chi connectivity index (χ2n) is 4.98. The smallest absolute Gasteiger partial charge is 0.104 e. The molecule has 1 N–H and O–H groups in total. The largest absolute Gasteiger partial charge is 0.384 e. The lowest BCUT2D eigenvalue weighted by atomic mass is 10.00. The Labute approximate surface area is 136 Å². The molecule has 1 atom stereocenters. The third kappa shape index (κ3) is 2.95. The molecule has 0 aliphatic heterocycles. The molecule has 0 aliphatic rings. The van der Waals surface area contributed by atoms with Crippen molar-refractivity contribution in [3.8, 4) is 0 Å². The Morgan fingerprint density at radius 1 is 1.05 bits per heavy atom. The number of benzene rings is 2. The fraction of sp³-hybridized carbons (Fsp3) is 0.118. The Bertz CT molecular complexity index is 819. The van der Waals surface area contributed by atoms with Crippen molar-refractivity contribution in [2.24, 2.45) is 0 Å². The first-order valence-corrected chi connectivity index (χ1v) is 7.72. The molecule has 4 heteroatoms. The maximum absolute atomic E-state index is 10.5. The first kappa shape index (κ1) is 14.5. The van der Waals surface area contributed by atoms with Gasteiger partial charge >= 0.3 is 0 Å². The molecule has 1 heterocycles. The van der Waals surface area contributed by atoms with Gasteiger partial charge in [-0.1, -0.05) is 29.8 Å². The number of hydrogen-bond donors (Lipinski definition) is 1. The molecule has 0 amide bonds. The predicted molar refractivity (Wildman–Crippen MR) is 89.7 cm³/mol. The molecule has 1 unspecified atom stereocenters. The third-order valence-electron chi connectivity index (χ3n) is 3.43. The van der Waals surface area contributed by atoms with E-state index in [9.17, 15) is 5.11 Å². The minimum atomic E-state index is -0.690. The summed E-state index contributed by atoms with van der Waals surface area (Å²) < 4.78 is 0.777. The molecule has 0 bridgehead atoms. The van der Waals surface area contributed by atoms with E-state index >= 15 is 0 Å². The Hall–Kier alpha value is -1.42. The van der Waals surface area contributed by atoms with E-state index in [0.29, 0.717) is 5.02 Å². The summed E-state index contributed by atoms with van der Waals surface area (Å²) in [4.78, 5) is 4.47. The van der Waals surface area contributed by atoms with Crippen molar-refractivity contribution in [1.29, 1.82) is 0 Å². The van der Waals surface area contributed by atoms with Gasteiger partial charge in [-0.05, 0) is 64.3 Å². The molecular weight excluding hydrogens is 350 g/mol. The van der Waals surface area contributed by atoms with Crippen molar-refractivity contribution in [2.75, 3.05) is 0 Å². The normalized spacial score (nSPS) is 12.6. The molecule has 1 aromatic heterocycles.